The van der Waals surface area contributed by atoms with E-state index < -0.39 is 5.41 Å². The molecule has 53 heavy (non-hydrogen) atoms. The van der Waals surface area contributed by atoms with Crippen LogP contribution in [0.2, 0.25) is 0 Å². The molecule has 0 radical (unpaired) electrons. The average Bonchev–Trinajstić information content (AvgIpc) is 3.69. The van der Waals surface area contributed by atoms with E-state index in [1.54, 1.807) is 0 Å². The Morgan fingerprint density at radius 1 is 0.377 bits per heavy atom. The first kappa shape index (κ1) is 28.9. The van der Waals surface area contributed by atoms with E-state index in [2.05, 4.69) is 177 Å². The summed E-state index contributed by atoms with van der Waals surface area (Å²) in [6, 6.07) is 65.3. The van der Waals surface area contributed by atoms with E-state index in [1.807, 2.05) is 6.07 Å². The van der Waals surface area contributed by atoms with Gasteiger partial charge in [0, 0.05) is 10.9 Å². The molecule has 1 unspecified atom stereocenters. The molecule has 0 amide bonds. The van der Waals surface area contributed by atoms with Gasteiger partial charge in [-0.1, -0.05) is 158 Å². The number of benzene rings is 9. The molecule has 0 saturated heterocycles. The molecule has 0 saturated carbocycles. The van der Waals surface area contributed by atoms with Crippen LogP contribution in [-0.2, 0) is 5.41 Å². The molecule has 1 heteroatoms. The second kappa shape index (κ2) is 10.4. The first-order valence-corrected chi connectivity index (χ1v) is 18.5. The van der Waals surface area contributed by atoms with Crippen LogP contribution >= 0.6 is 0 Å². The second-order valence-corrected chi connectivity index (χ2v) is 14.7. The van der Waals surface area contributed by atoms with E-state index in [1.165, 1.54) is 99.4 Å². The Morgan fingerprint density at radius 3 is 1.89 bits per heavy atom. The van der Waals surface area contributed by atoms with Crippen LogP contribution in [0, 0.1) is 6.92 Å². The summed E-state index contributed by atoms with van der Waals surface area (Å²) in [6.07, 6.45) is 0. The molecule has 9 aromatic carbocycles. The van der Waals surface area contributed by atoms with Crippen molar-refractivity contribution >= 4 is 21.5 Å². The van der Waals surface area contributed by atoms with Crippen molar-refractivity contribution < 1.29 is 4.74 Å². The lowest BCUT2D eigenvalue weighted by Gasteiger charge is -2.30. The van der Waals surface area contributed by atoms with Crippen LogP contribution in [0.5, 0.6) is 11.5 Å². The zero-order valence-corrected chi connectivity index (χ0v) is 29.2. The van der Waals surface area contributed by atoms with Crippen molar-refractivity contribution in [3.8, 4) is 67.1 Å². The molecule has 2 aliphatic carbocycles. The number of fused-ring (bicyclic) bond motifs is 14. The van der Waals surface area contributed by atoms with Gasteiger partial charge in [-0.2, -0.15) is 0 Å². The van der Waals surface area contributed by atoms with Gasteiger partial charge in [-0.15, -0.1) is 0 Å². The number of ether oxygens (including phenoxy) is 1. The van der Waals surface area contributed by atoms with Gasteiger partial charge in [0.25, 0.3) is 0 Å². The summed E-state index contributed by atoms with van der Waals surface area (Å²) >= 11 is 0. The SMILES string of the molecule is Cc1ccc(-c2ccc3c4c(cccc24)-c2ccccc2O3)cc1-c1cccc2c1-c1ccccc1C21c2ccccc2-c2c1ccc1ccccc21. The van der Waals surface area contributed by atoms with Gasteiger partial charge >= 0.3 is 0 Å². The van der Waals surface area contributed by atoms with Gasteiger partial charge in [-0.3, -0.25) is 0 Å². The molecule has 9 aromatic rings. The molecule has 0 aromatic heterocycles. The molecule has 3 aliphatic rings. The number of aryl methyl sites for hydroxylation is 1. The monoisotopic (exact) mass is 672 g/mol. The van der Waals surface area contributed by atoms with Crippen LogP contribution in [0.3, 0.4) is 0 Å². The number of rotatable bonds is 2. The van der Waals surface area contributed by atoms with E-state index in [0.717, 1.165) is 17.1 Å². The predicted octanol–water partition coefficient (Wildman–Crippen LogP) is 13.8. The van der Waals surface area contributed by atoms with Crippen molar-refractivity contribution in [2.75, 3.05) is 0 Å². The third-order valence-electron chi connectivity index (χ3n) is 12.2. The second-order valence-electron chi connectivity index (χ2n) is 14.7. The maximum Gasteiger partial charge on any atom is 0.135 e. The van der Waals surface area contributed by atoms with Crippen molar-refractivity contribution in [2.24, 2.45) is 0 Å². The van der Waals surface area contributed by atoms with Gasteiger partial charge in [0.1, 0.15) is 11.5 Å². The van der Waals surface area contributed by atoms with Crippen LogP contribution in [-0.4, -0.2) is 0 Å². The fourth-order valence-electron chi connectivity index (χ4n) is 10.1. The summed E-state index contributed by atoms with van der Waals surface area (Å²) in [7, 11) is 0. The highest BCUT2D eigenvalue weighted by molar-refractivity contribution is 6.11. The van der Waals surface area contributed by atoms with E-state index in [9.17, 15) is 0 Å². The van der Waals surface area contributed by atoms with Crippen molar-refractivity contribution in [1.82, 2.24) is 0 Å². The number of para-hydroxylation sites is 1. The molecule has 1 heterocycles. The van der Waals surface area contributed by atoms with Gasteiger partial charge in [0.05, 0.1) is 5.41 Å². The summed E-state index contributed by atoms with van der Waals surface area (Å²) in [5, 5.41) is 4.97. The predicted molar refractivity (Wildman–Crippen MR) is 219 cm³/mol. The zero-order chi connectivity index (χ0) is 34.8. The standard InChI is InChI=1S/C52H32O/c1-31-24-25-33(34-27-29-48-51-37(34)17-10-18-38(51)36-14-6-9-23-47(36)53-48)30-42(31)39-19-11-22-45-50(39)41-16-5-8-21-44(41)52(45)43-20-7-4-15-40(43)49-35-13-3-2-12-32(35)26-28-46(49)52/h2-30H,1H3. The molecule has 1 spiro atoms. The smallest absolute Gasteiger partial charge is 0.135 e. The van der Waals surface area contributed by atoms with Crippen LogP contribution < -0.4 is 4.74 Å². The van der Waals surface area contributed by atoms with Crippen LogP contribution in [0.15, 0.2) is 176 Å². The molecule has 12 rings (SSSR count). The molecule has 0 N–H and O–H groups in total. The van der Waals surface area contributed by atoms with E-state index in [0.29, 0.717) is 0 Å². The Balaban J connectivity index is 1.11. The van der Waals surface area contributed by atoms with E-state index >= 15 is 0 Å². The van der Waals surface area contributed by atoms with E-state index in [-0.39, 0.29) is 0 Å². The summed E-state index contributed by atoms with van der Waals surface area (Å²) < 4.78 is 6.46. The van der Waals surface area contributed by atoms with Gasteiger partial charge < -0.3 is 4.74 Å². The first-order chi connectivity index (χ1) is 26.2. The Hall–Kier alpha value is -6.70. The number of hydrogen-bond donors (Lipinski definition) is 0. The molecule has 0 bridgehead atoms. The Kier molecular flexibility index (Phi) is 5.70. The minimum atomic E-state index is -0.407. The third-order valence-corrected chi connectivity index (χ3v) is 12.2. The Labute approximate surface area is 308 Å². The average molecular weight is 673 g/mol. The van der Waals surface area contributed by atoms with E-state index in [4.69, 9.17) is 4.74 Å². The minimum absolute atomic E-state index is 0.407. The zero-order valence-electron chi connectivity index (χ0n) is 29.2. The fourth-order valence-corrected chi connectivity index (χ4v) is 10.1. The third kappa shape index (κ3) is 3.66. The summed E-state index contributed by atoms with van der Waals surface area (Å²) in [5.74, 6) is 1.83. The molecule has 1 nitrogen and oxygen atoms in total. The van der Waals surface area contributed by atoms with Crippen molar-refractivity contribution in [1.29, 1.82) is 0 Å². The van der Waals surface area contributed by atoms with Gasteiger partial charge in [-0.05, 0) is 119 Å². The Morgan fingerprint density at radius 2 is 1.02 bits per heavy atom. The lowest BCUT2D eigenvalue weighted by Crippen LogP contribution is -2.25. The fraction of sp³-hybridized carbons (Fsp3) is 0.0385. The topological polar surface area (TPSA) is 9.23 Å². The maximum absolute atomic E-state index is 6.46. The largest absolute Gasteiger partial charge is 0.456 e. The minimum Gasteiger partial charge on any atom is -0.456 e. The van der Waals surface area contributed by atoms with Crippen LogP contribution in [0.25, 0.3) is 77.2 Å². The molecule has 246 valence electrons. The van der Waals surface area contributed by atoms with Gasteiger partial charge in [0.2, 0.25) is 0 Å². The molecular formula is C52H32O. The van der Waals surface area contributed by atoms with Crippen molar-refractivity contribution in [3.05, 3.63) is 204 Å². The molecular weight excluding hydrogens is 641 g/mol. The van der Waals surface area contributed by atoms with Crippen LogP contribution in [0.1, 0.15) is 27.8 Å². The van der Waals surface area contributed by atoms with Gasteiger partial charge in [-0.25, -0.2) is 0 Å². The Bertz CT molecular complexity index is 3060. The summed E-state index contributed by atoms with van der Waals surface area (Å²) in [4.78, 5) is 0. The molecule has 0 fully saturated rings. The normalized spacial score (nSPS) is 15.5. The highest BCUT2D eigenvalue weighted by Crippen LogP contribution is 2.65. The molecule has 1 aliphatic heterocycles. The highest BCUT2D eigenvalue weighted by atomic mass is 16.5. The molecule has 1 atom stereocenters. The lowest BCUT2D eigenvalue weighted by atomic mass is 9.70. The van der Waals surface area contributed by atoms with Crippen molar-refractivity contribution in [2.45, 2.75) is 12.3 Å². The van der Waals surface area contributed by atoms with Crippen molar-refractivity contribution in [3.63, 3.8) is 0 Å². The van der Waals surface area contributed by atoms with Crippen LogP contribution in [0.4, 0.5) is 0 Å². The lowest BCUT2D eigenvalue weighted by molar-refractivity contribution is 0.487. The summed E-state index contributed by atoms with van der Waals surface area (Å²) in [5.41, 5.74) is 19.0. The first-order valence-electron chi connectivity index (χ1n) is 18.5. The summed E-state index contributed by atoms with van der Waals surface area (Å²) in [6.45, 7) is 2.25. The highest BCUT2D eigenvalue weighted by Gasteiger charge is 2.52. The maximum atomic E-state index is 6.46. The number of hydrogen-bond acceptors (Lipinski definition) is 1. The quantitative estimate of drug-likeness (QED) is 0.178. The van der Waals surface area contributed by atoms with Gasteiger partial charge in [0.15, 0.2) is 0 Å².